The van der Waals surface area contributed by atoms with Gasteiger partial charge < -0.3 is 4.74 Å². The lowest BCUT2D eigenvalue weighted by Crippen LogP contribution is -1.95. The van der Waals surface area contributed by atoms with E-state index in [4.69, 9.17) is 4.74 Å². The minimum Gasteiger partial charge on any atom is -0.488 e. The summed E-state index contributed by atoms with van der Waals surface area (Å²) in [6, 6.07) is 17.1. The third-order valence-electron chi connectivity index (χ3n) is 2.30. The molecule has 16 heavy (non-hydrogen) atoms. The fourth-order valence-corrected chi connectivity index (χ4v) is 1.66. The molecular formula is C14H12BrO. The van der Waals surface area contributed by atoms with Crippen LogP contribution >= 0.6 is 15.9 Å². The first-order valence-corrected chi connectivity index (χ1v) is 5.89. The number of hydrogen-bond donors (Lipinski definition) is 0. The molecule has 0 amide bonds. The SMILES string of the molecule is Cc1c[c]c(OCc2ccccc2)cc1Br. The Bertz CT molecular complexity index is 465. The first kappa shape index (κ1) is 11.2. The third kappa shape index (κ3) is 2.86. The predicted octanol–water partition coefficient (Wildman–Crippen LogP) is 4.14. The molecule has 1 nitrogen and oxygen atoms in total. The van der Waals surface area contributed by atoms with E-state index < -0.39 is 0 Å². The van der Waals surface area contributed by atoms with Gasteiger partial charge in [-0.05, 0) is 30.2 Å². The summed E-state index contributed by atoms with van der Waals surface area (Å²) in [6.07, 6.45) is 0. The number of ether oxygens (including phenoxy) is 1. The molecule has 2 heteroatoms. The maximum atomic E-state index is 5.64. The summed E-state index contributed by atoms with van der Waals surface area (Å²) >= 11 is 3.47. The molecule has 2 aromatic rings. The zero-order chi connectivity index (χ0) is 11.4. The molecule has 0 heterocycles. The molecule has 0 aliphatic carbocycles. The van der Waals surface area contributed by atoms with Crippen molar-refractivity contribution in [2.24, 2.45) is 0 Å². The molecule has 0 fully saturated rings. The highest BCUT2D eigenvalue weighted by atomic mass is 79.9. The molecule has 0 bridgehead atoms. The van der Waals surface area contributed by atoms with Gasteiger partial charge in [-0.2, -0.15) is 0 Å². The molecule has 0 aliphatic heterocycles. The standard InChI is InChI=1S/C14H12BrO/c1-11-7-8-13(9-14(11)15)16-10-12-5-3-2-4-6-12/h2-7,9H,10H2,1H3. The van der Waals surface area contributed by atoms with Crippen molar-refractivity contribution in [3.63, 3.8) is 0 Å². The summed E-state index contributed by atoms with van der Waals surface area (Å²) in [5.74, 6) is 0.765. The topological polar surface area (TPSA) is 9.23 Å². The molecule has 1 radical (unpaired) electrons. The van der Waals surface area contributed by atoms with Crippen molar-refractivity contribution >= 4 is 15.9 Å². The number of halogens is 1. The minimum atomic E-state index is 0.576. The van der Waals surface area contributed by atoms with Crippen molar-refractivity contribution in [2.45, 2.75) is 13.5 Å². The van der Waals surface area contributed by atoms with Crippen LogP contribution < -0.4 is 4.74 Å². The van der Waals surface area contributed by atoms with Gasteiger partial charge in [-0.15, -0.1) is 0 Å². The summed E-state index contributed by atoms with van der Waals surface area (Å²) < 4.78 is 6.69. The molecule has 0 unspecified atom stereocenters. The molecule has 2 rings (SSSR count). The van der Waals surface area contributed by atoms with Gasteiger partial charge in [0.25, 0.3) is 0 Å². The minimum absolute atomic E-state index is 0.576. The van der Waals surface area contributed by atoms with Gasteiger partial charge in [0.15, 0.2) is 0 Å². The van der Waals surface area contributed by atoms with E-state index in [2.05, 4.69) is 22.0 Å². The Balaban J connectivity index is 2.03. The first-order chi connectivity index (χ1) is 7.75. The van der Waals surface area contributed by atoms with Crippen molar-refractivity contribution in [2.75, 3.05) is 0 Å². The Labute approximate surface area is 104 Å². The second-order valence-corrected chi connectivity index (χ2v) is 4.46. The summed E-state index contributed by atoms with van der Waals surface area (Å²) in [5.41, 5.74) is 2.32. The zero-order valence-corrected chi connectivity index (χ0v) is 10.6. The van der Waals surface area contributed by atoms with Gasteiger partial charge >= 0.3 is 0 Å². The lowest BCUT2D eigenvalue weighted by molar-refractivity contribution is 0.305. The smallest absolute Gasteiger partial charge is 0.128 e. The van der Waals surface area contributed by atoms with Crippen LogP contribution in [0.5, 0.6) is 5.75 Å². The van der Waals surface area contributed by atoms with Gasteiger partial charge in [0, 0.05) is 10.5 Å². The Kier molecular flexibility index (Phi) is 3.62. The predicted molar refractivity (Wildman–Crippen MR) is 68.5 cm³/mol. The van der Waals surface area contributed by atoms with Crippen LogP contribution in [0.4, 0.5) is 0 Å². The van der Waals surface area contributed by atoms with Crippen LogP contribution in [-0.2, 0) is 6.61 Å². The van der Waals surface area contributed by atoms with Crippen molar-refractivity contribution < 1.29 is 4.74 Å². The summed E-state index contributed by atoms with van der Waals surface area (Å²) in [4.78, 5) is 0. The van der Waals surface area contributed by atoms with Crippen LogP contribution in [0, 0.1) is 13.0 Å². The van der Waals surface area contributed by atoms with E-state index in [9.17, 15) is 0 Å². The molecular weight excluding hydrogens is 264 g/mol. The van der Waals surface area contributed by atoms with E-state index in [-0.39, 0.29) is 0 Å². The molecule has 0 aliphatic rings. The molecule has 0 saturated carbocycles. The van der Waals surface area contributed by atoms with E-state index >= 15 is 0 Å². The molecule has 81 valence electrons. The Morgan fingerprint density at radius 2 is 2.00 bits per heavy atom. The molecule has 0 spiro atoms. The highest BCUT2D eigenvalue weighted by Gasteiger charge is 1.99. The van der Waals surface area contributed by atoms with Crippen LogP contribution in [0.15, 0.2) is 46.9 Å². The Morgan fingerprint density at radius 1 is 1.25 bits per heavy atom. The highest BCUT2D eigenvalue weighted by Crippen LogP contribution is 2.22. The average molecular weight is 276 g/mol. The molecule has 0 N–H and O–H groups in total. The van der Waals surface area contributed by atoms with Crippen LogP contribution in [0.1, 0.15) is 11.1 Å². The van der Waals surface area contributed by atoms with Gasteiger partial charge in [-0.1, -0.05) is 46.3 Å². The zero-order valence-electron chi connectivity index (χ0n) is 9.03. The fraction of sp³-hybridized carbons (Fsp3) is 0.143. The van der Waals surface area contributed by atoms with Gasteiger partial charge in [-0.25, -0.2) is 0 Å². The van der Waals surface area contributed by atoms with Crippen molar-refractivity contribution in [3.05, 3.63) is 64.1 Å². The Morgan fingerprint density at radius 3 is 2.69 bits per heavy atom. The van der Waals surface area contributed by atoms with E-state index in [1.807, 2.05) is 49.4 Å². The van der Waals surface area contributed by atoms with Gasteiger partial charge in [-0.3, -0.25) is 0 Å². The quantitative estimate of drug-likeness (QED) is 0.818. The average Bonchev–Trinajstić information content (AvgIpc) is 2.32. The number of aryl methyl sites for hydroxylation is 1. The van der Waals surface area contributed by atoms with Crippen molar-refractivity contribution in [1.82, 2.24) is 0 Å². The largest absolute Gasteiger partial charge is 0.488 e. The lowest BCUT2D eigenvalue weighted by Gasteiger charge is -2.07. The van der Waals surface area contributed by atoms with Crippen molar-refractivity contribution in [1.29, 1.82) is 0 Å². The molecule has 0 aromatic heterocycles. The summed E-state index contributed by atoms with van der Waals surface area (Å²) in [6.45, 7) is 2.61. The van der Waals surface area contributed by atoms with E-state index in [0.717, 1.165) is 21.3 Å². The van der Waals surface area contributed by atoms with E-state index in [0.29, 0.717) is 6.61 Å². The van der Waals surface area contributed by atoms with Crippen LogP contribution in [-0.4, -0.2) is 0 Å². The van der Waals surface area contributed by atoms with Gasteiger partial charge in [0.1, 0.15) is 12.4 Å². The van der Waals surface area contributed by atoms with Gasteiger partial charge in [0.2, 0.25) is 0 Å². The van der Waals surface area contributed by atoms with Crippen LogP contribution in [0.25, 0.3) is 0 Å². The van der Waals surface area contributed by atoms with Crippen LogP contribution in [0.3, 0.4) is 0 Å². The van der Waals surface area contributed by atoms with Gasteiger partial charge in [0.05, 0.1) is 0 Å². The van der Waals surface area contributed by atoms with Crippen molar-refractivity contribution in [3.8, 4) is 5.75 Å². The number of benzene rings is 2. The lowest BCUT2D eigenvalue weighted by atomic mass is 10.2. The second-order valence-electron chi connectivity index (χ2n) is 3.60. The monoisotopic (exact) mass is 275 g/mol. The Hall–Kier alpha value is -1.28. The number of hydrogen-bond acceptors (Lipinski definition) is 1. The fourth-order valence-electron chi connectivity index (χ4n) is 1.34. The number of rotatable bonds is 3. The highest BCUT2D eigenvalue weighted by molar-refractivity contribution is 9.10. The molecule has 2 aromatic carbocycles. The summed E-state index contributed by atoms with van der Waals surface area (Å²) in [7, 11) is 0. The maximum Gasteiger partial charge on any atom is 0.128 e. The normalized spacial score (nSPS) is 10.1. The van der Waals surface area contributed by atoms with E-state index in [1.54, 1.807) is 0 Å². The molecule has 0 saturated heterocycles. The molecule has 0 atom stereocenters. The van der Waals surface area contributed by atoms with Crippen LogP contribution in [0.2, 0.25) is 0 Å². The maximum absolute atomic E-state index is 5.64. The third-order valence-corrected chi connectivity index (χ3v) is 3.16. The first-order valence-electron chi connectivity index (χ1n) is 5.10. The summed E-state index contributed by atoms with van der Waals surface area (Å²) in [5, 5.41) is 0. The second kappa shape index (κ2) is 5.17. The van der Waals surface area contributed by atoms with E-state index in [1.165, 1.54) is 0 Å².